The molecular formula is C15H12Cl2N2S. The Hall–Kier alpha value is -1.29. The molecular weight excluding hydrogens is 311 g/mol. The van der Waals surface area contributed by atoms with Crippen LogP contribution in [0.4, 0.5) is 5.69 Å². The number of hydrogen-bond acceptors (Lipinski definition) is 2. The fraction of sp³-hybridized carbons (Fsp3) is 0.0667. The summed E-state index contributed by atoms with van der Waals surface area (Å²) in [6, 6.07) is 11.8. The largest absolute Gasteiger partial charge is 0.361 e. The van der Waals surface area contributed by atoms with Crippen LogP contribution >= 0.6 is 35.1 Å². The van der Waals surface area contributed by atoms with E-state index in [1.165, 1.54) is 22.9 Å². The molecule has 1 aromatic heterocycles. The number of aryl methyl sites for hydroxylation is 1. The molecule has 0 aliphatic rings. The van der Waals surface area contributed by atoms with Crippen molar-refractivity contribution in [3.8, 4) is 0 Å². The average molecular weight is 323 g/mol. The van der Waals surface area contributed by atoms with Crippen molar-refractivity contribution < 1.29 is 0 Å². The molecule has 0 spiro atoms. The fourth-order valence-corrected chi connectivity index (χ4v) is 3.50. The second-order valence-corrected chi connectivity index (χ2v) is 6.29. The van der Waals surface area contributed by atoms with E-state index in [9.17, 15) is 0 Å². The molecule has 0 aliphatic carbocycles. The van der Waals surface area contributed by atoms with E-state index in [4.69, 9.17) is 23.2 Å². The van der Waals surface area contributed by atoms with Crippen LogP contribution in [-0.2, 0) is 0 Å². The Morgan fingerprint density at radius 2 is 1.80 bits per heavy atom. The van der Waals surface area contributed by atoms with Crippen LogP contribution in [0.2, 0.25) is 10.0 Å². The third-order valence-electron chi connectivity index (χ3n) is 3.01. The van der Waals surface area contributed by atoms with Crippen molar-refractivity contribution in [3.05, 3.63) is 58.2 Å². The topological polar surface area (TPSA) is 27.8 Å². The van der Waals surface area contributed by atoms with Gasteiger partial charge in [0.25, 0.3) is 0 Å². The third-order valence-corrected chi connectivity index (χ3v) is 4.24. The van der Waals surface area contributed by atoms with Gasteiger partial charge in [-0.1, -0.05) is 23.2 Å². The molecule has 0 radical (unpaired) electrons. The predicted octanol–water partition coefficient (Wildman–Crippen LogP) is 5.90. The van der Waals surface area contributed by atoms with Crippen molar-refractivity contribution in [2.45, 2.75) is 11.8 Å². The zero-order valence-electron chi connectivity index (χ0n) is 10.7. The van der Waals surface area contributed by atoms with E-state index in [1.807, 2.05) is 18.3 Å². The Morgan fingerprint density at radius 1 is 1.05 bits per heavy atom. The lowest BCUT2D eigenvalue weighted by Gasteiger charge is -2.09. The minimum Gasteiger partial charge on any atom is -0.361 e. The smallest absolute Gasteiger partial charge is 0.0480 e. The molecule has 0 amide bonds. The van der Waals surface area contributed by atoms with Gasteiger partial charge in [0.2, 0.25) is 0 Å². The highest BCUT2D eigenvalue weighted by Gasteiger charge is 2.04. The number of benzene rings is 2. The van der Waals surface area contributed by atoms with Crippen LogP contribution in [0.1, 0.15) is 5.56 Å². The van der Waals surface area contributed by atoms with Crippen LogP contribution in [0.15, 0.2) is 47.5 Å². The van der Waals surface area contributed by atoms with E-state index in [0.717, 1.165) is 16.1 Å². The molecule has 0 saturated heterocycles. The van der Waals surface area contributed by atoms with Crippen molar-refractivity contribution >= 4 is 51.7 Å². The fourth-order valence-electron chi connectivity index (χ4n) is 2.02. The molecule has 0 aliphatic heterocycles. The van der Waals surface area contributed by atoms with Crippen molar-refractivity contribution in [2.24, 2.45) is 0 Å². The molecule has 2 nitrogen and oxygen atoms in total. The van der Waals surface area contributed by atoms with Crippen LogP contribution in [-0.4, -0.2) is 4.98 Å². The molecule has 5 heteroatoms. The first-order valence-corrected chi connectivity index (χ1v) is 7.66. The van der Waals surface area contributed by atoms with E-state index in [2.05, 4.69) is 34.8 Å². The van der Waals surface area contributed by atoms with E-state index in [1.54, 1.807) is 6.07 Å². The first-order chi connectivity index (χ1) is 9.61. The highest BCUT2D eigenvalue weighted by Crippen LogP contribution is 2.30. The first-order valence-electron chi connectivity index (χ1n) is 6.08. The summed E-state index contributed by atoms with van der Waals surface area (Å²) in [6.07, 6.45) is 1.94. The zero-order chi connectivity index (χ0) is 14.1. The van der Waals surface area contributed by atoms with Crippen LogP contribution < -0.4 is 4.72 Å². The molecule has 3 rings (SSSR count). The van der Waals surface area contributed by atoms with E-state index in [-0.39, 0.29) is 0 Å². The van der Waals surface area contributed by atoms with E-state index >= 15 is 0 Å². The summed E-state index contributed by atoms with van der Waals surface area (Å²) in [7, 11) is 0. The van der Waals surface area contributed by atoms with Crippen molar-refractivity contribution in [1.82, 2.24) is 4.98 Å². The summed E-state index contributed by atoms with van der Waals surface area (Å²) in [5.41, 5.74) is 3.41. The molecule has 1 heterocycles. The lowest BCUT2D eigenvalue weighted by molar-refractivity contribution is 1.43. The Labute approximate surface area is 131 Å². The van der Waals surface area contributed by atoms with Crippen molar-refractivity contribution in [3.63, 3.8) is 0 Å². The molecule has 2 N–H and O–H groups in total. The molecule has 0 unspecified atom stereocenters. The van der Waals surface area contributed by atoms with Gasteiger partial charge in [-0.3, -0.25) is 0 Å². The molecule has 102 valence electrons. The number of rotatable bonds is 3. The average Bonchev–Trinajstić information content (AvgIpc) is 2.81. The lowest BCUT2D eigenvalue weighted by Crippen LogP contribution is -1.90. The summed E-state index contributed by atoms with van der Waals surface area (Å²) in [6.45, 7) is 2.08. The van der Waals surface area contributed by atoms with Crippen LogP contribution in [0.5, 0.6) is 0 Å². The molecule has 2 aromatic carbocycles. The van der Waals surface area contributed by atoms with Gasteiger partial charge in [-0.15, -0.1) is 0 Å². The number of aromatic amines is 1. The summed E-state index contributed by atoms with van der Waals surface area (Å²) in [5, 5.41) is 2.46. The third kappa shape index (κ3) is 2.90. The zero-order valence-corrected chi connectivity index (χ0v) is 13.0. The second-order valence-electron chi connectivity index (χ2n) is 4.54. The highest BCUT2D eigenvalue weighted by molar-refractivity contribution is 8.00. The van der Waals surface area contributed by atoms with Gasteiger partial charge in [-0.25, -0.2) is 0 Å². The Morgan fingerprint density at radius 3 is 2.55 bits per heavy atom. The van der Waals surface area contributed by atoms with E-state index in [0.29, 0.717) is 10.0 Å². The molecule has 0 fully saturated rings. The summed E-state index contributed by atoms with van der Waals surface area (Å²) >= 11 is 13.5. The lowest BCUT2D eigenvalue weighted by atomic mass is 10.1. The minimum absolute atomic E-state index is 0.639. The van der Waals surface area contributed by atoms with Gasteiger partial charge in [-0.05, 0) is 60.8 Å². The Balaban J connectivity index is 1.84. The van der Waals surface area contributed by atoms with E-state index < -0.39 is 0 Å². The van der Waals surface area contributed by atoms with Crippen molar-refractivity contribution in [1.29, 1.82) is 0 Å². The molecule has 20 heavy (non-hydrogen) atoms. The number of halogens is 2. The van der Waals surface area contributed by atoms with Crippen LogP contribution in [0.3, 0.4) is 0 Å². The summed E-state index contributed by atoms with van der Waals surface area (Å²) in [5.74, 6) is 0. The Bertz CT molecular complexity index is 747. The second kappa shape index (κ2) is 5.60. The highest BCUT2D eigenvalue weighted by atomic mass is 35.5. The van der Waals surface area contributed by atoms with Gasteiger partial charge in [-0.2, -0.15) is 0 Å². The maximum absolute atomic E-state index is 6.00. The van der Waals surface area contributed by atoms with Gasteiger partial charge in [0.15, 0.2) is 0 Å². The molecule has 0 atom stereocenters. The summed E-state index contributed by atoms with van der Waals surface area (Å²) in [4.78, 5) is 4.19. The summed E-state index contributed by atoms with van der Waals surface area (Å²) < 4.78 is 3.35. The van der Waals surface area contributed by atoms with Crippen molar-refractivity contribution in [2.75, 3.05) is 4.72 Å². The number of H-pyrrole nitrogens is 1. The molecule has 0 saturated carbocycles. The quantitative estimate of drug-likeness (QED) is 0.587. The minimum atomic E-state index is 0.639. The van der Waals surface area contributed by atoms with Gasteiger partial charge in [0, 0.05) is 37.7 Å². The van der Waals surface area contributed by atoms with Crippen LogP contribution in [0, 0.1) is 6.92 Å². The van der Waals surface area contributed by atoms with Crippen LogP contribution in [0.25, 0.3) is 10.9 Å². The number of fused-ring (bicyclic) bond motifs is 1. The number of aromatic nitrogens is 1. The monoisotopic (exact) mass is 322 g/mol. The normalized spacial score (nSPS) is 10.9. The SMILES string of the molecule is Cc1cc2[nH]ccc2cc1NSc1cc(Cl)cc(Cl)c1. The number of nitrogens with one attached hydrogen (secondary N) is 2. The number of hydrogen-bond donors (Lipinski definition) is 2. The van der Waals surface area contributed by atoms with Gasteiger partial charge in [0.05, 0.1) is 0 Å². The standard InChI is InChI=1S/C15H12Cl2N2S/c1-9-4-15-10(2-3-18-15)5-14(9)19-20-13-7-11(16)6-12(17)8-13/h2-8,18-19H,1H3. The van der Waals surface area contributed by atoms with Gasteiger partial charge < -0.3 is 9.71 Å². The van der Waals surface area contributed by atoms with Gasteiger partial charge in [0.1, 0.15) is 0 Å². The molecule has 0 bridgehead atoms. The number of anilines is 1. The predicted molar refractivity (Wildman–Crippen MR) is 89.0 cm³/mol. The maximum Gasteiger partial charge on any atom is 0.0480 e. The Kier molecular flexibility index (Phi) is 3.83. The first kappa shape index (κ1) is 13.7. The molecule has 3 aromatic rings. The maximum atomic E-state index is 6.00. The van der Waals surface area contributed by atoms with Gasteiger partial charge >= 0.3 is 0 Å².